The molecule has 11 nitrogen and oxygen atoms in total. The number of fused-ring (bicyclic) bond motifs is 1. The lowest BCUT2D eigenvalue weighted by Crippen LogP contribution is -2.59. The molecule has 1 spiro atoms. The molecule has 1 unspecified atom stereocenters. The van der Waals surface area contributed by atoms with Gasteiger partial charge in [-0.1, -0.05) is 65.3 Å². The van der Waals surface area contributed by atoms with Gasteiger partial charge in [0.25, 0.3) is 5.91 Å². The molecule has 3 fully saturated rings. The van der Waals surface area contributed by atoms with Crippen molar-refractivity contribution in [3.63, 3.8) is 0 Å². The molecule has 2 aromatic carbocycles. The third-order valence-corrected chi connectivity index (χ3v) is 11.5. The number of carbonyl (C=O) groups is 4. The number of aliphatic hydroxyl groups is 1. The van der Waals surface area contributed by atoms with Crippen LogP contribution >= 0.6 is 15.9 Å². The maximum Gasteiger partial charge on any atom is 0.313 e. The lowest BCUT2D eigenvalue weighted by Gasteiger charge is -2.39. The van der Waals surface area contributed by atoms with E-state index >= 15 is 0 Å². The normalized spacial score (nSPS) is 25.6. The molecule has 3 saturated heterocycles. The number of nitrogens with one attached hydrogen (secondary N) is 1. The van der Waals surface area contributed by atoms with Gasteiger partial charge < -0.3 is 34.6 Å². The fourth-order valence-electron chi connectivity index (χ4n) is 8.10. The van der Waals surface area contributed by atoms with Crippen LogP contribution < -0.4 is 15.1 Å². The molecular formula is C40H51BrN4O7. The molecule has 5 rings (SSSR count). The average Bonchev–Trinajstić information content (AvgIpc) is 3.76. The molecule has 52 heavy (non-hydrogen) atoms. The summed E-state index contributed by atoms with van der Waals surface area (Å²) in [4.78, 5) is 61.5. The third-order valence-electron chi connectivity index (χ3n) is 10.7. The number of esters is 1. The van der Waals surface area contributed by atoms with Gasteiger partial charge in [-0.2, -0.15) is 0 Å². The minimum Gasteiger partial charge on any atom is -0.455 e. The van der Waals surface area contributed by atoms with Crippen molar-refractivity contribution in [2.45, 2.75) is 81.2 Å². The van der Waals surface area contributed by atoms with Gasteiger partial charge in [0, 0.05) is 42.3 Å². The molecule has 2 bridgehead atoms. The Morgan fingerprint density at radius 1 is 1.08 bits per heavy atom. The van der Waals surface area contributed by atoms with E-state index in [4.69, 9.17) is 9.47 Å². The van der Waals surface area contributed by atoms with Crippen LogP contribution in [0, 0.1) is 11.8 Å². The first kappa shape index (κ1) is 39.2. The standard InChI is InChI=1S/C40H51BrN4O7/c1-6-11-17-32(47)42-24-31(26-15-13-12-14-16-26)51-39(50)33-34-37(48)45(27(8-3)25-46)36(40(34)23-30(41)35(33)52-40)38(49)44(22-7-2)29-20-18-28(19-21-29)43(9-4)10-5/h6-7,12-16,18-21,27,30-31,33-36,46H,1-2,8-11,17,22-25H2,3-5H3,(H,42,47)/t27-,30?,31-,33-,34+,35-,36-,40+/m0/s1. The van der Waals surface area contributed by atoms with Crippen LogP contribution in [-0.2, 0) is 28.7 Å². The van der Waals surface area contributed by atoms with Crippen molar-refractivity contribution in [3.8, 4) is 0 Å². The molecule has 12 heteroatoms. The van der Waals surface area contributed by atoms with Crippen molar-refractivity contribution >= 4 is 51.0 Å². The van der Waals surface area contributed by atoms with Crippen LogP contribution in [0.15, 0.2) is 79.9 Å². The summed E-state index contributed by atoms with van der Waals surface area (Å²) in [5, 5.41) is 13.4. The first-order valence-electron chi connectivity index (χ1n) is 18.3. The lowest BCUT2D eigenvalue weighted by molar-refractivity contribution is -0.160. The first-order chi connectivity index (χ1) is 25.1. The van der Waals surface area contributed by atoms with Crippen LogP contribution in [0.1, 0.15) is 58.1 Å². The van der Waals surface area contributed by atoms with Gasteiger partial charge in [0.15, 0.2) is 0 Å². The second-order valence-corrected chi connectivity index (χ2v) is 14.7. The molecule has 3 amide bonds. The number of alkyl halides is 1. The summed E-state index contributed by atoms with van der Waals surface area (Å²) < 4.78 is 12.9. The predicted octanol–water partition coefficient (Wildman–Crippen LogP) is 4.94. The number of likely N-dealkylation sites (tertiary alicyclic amines) is 1. The van der Waals surface area contributed by atoms with Crippen LogP contribution in [0.3, 0.4) is 0 Å². The smallest absolute Gasteiger partial charge is 0.313 e. The van der Waals surface area contributed by atoms with Gasteiger partial charge in [0.1, 0.15) is 17.7 Å². The molecule has 3 heterocycles. The van der Waals surface area contributed by atoms with E-state index in [0.29, 0.717) is 30.5 Å². The van der Waals surface area contributed by atoms with Crippen LogP contribution in [0.25, 0.3) is 0 Å². The van der Waals surface area contributed by atoms with Crippen LogP contribution in [-0.4, -0.2) is 95.1 Å². The maximum absolute atomic E-state index is 15.0. The van der Waals surface area contributed by atoms with Crippen molar-refractivity contribution in [2.75, 3.05) is 42.6 Å². The summed E-state index contributed by atoms with van der Waals surface area (Å²) in [6.07, 6.45) is 3.16. The van der Waals surface area contributed by atoms with Crippen molar-refractivity contribution in [1.82, 2.24) is 10.2 Å². The van der Waals surface area contributed by atoms with E-state index in [1.807, 2.05) is 61.5 Å². The Kier molecular flexibility index (Phi) is 13.0. The Labute approximate surface area is 315 Å². The second-order valence-electron chi connectivity index (χ2n) is 13.5. The predicted molar refractivity (Wildman–Crippen MR) is 204 cm³/mol. The molecular weight excluding hydrogens is 728 g/mol. The number of aliphatic hydroxyl groups excluding tert-OH is 1. The molecule has 0 radical (unpaired) electrons. The van der Waals surface area contributed by atoms with Crippen LogP contribution in [0.5, 0.6) is 0 Å². The molecule has 8 atom stereocenters. The van der Waals surface area contributed by atoms with Crippen molar-refractivity contribution < 1.29 is 33.8 Å². The van der Waals surface area contributed by atoms with E-state index in [0.717, 1.165) is 18.8 Å². The van der Waals surface area contributed by atoms with Gasteiger partial charge in [-0.25, -0.2) is 0 Å². The molecule has 2 aromatic rings. The van der Waals surface area contributed by atoms with Gasteiger partial charge in [-0.3, -0.25) is 19.2 Å². The molecule has 0 aromatic heterocycles. The summed E-state index contributed by atoms with van der Waals surface area (Å²) in [6, 6.07) is 15.0. The van der Waals surface area contributed by atoms with Gasteiger partial charge in [0.05, 0.1) is 37.1 Å². The van der Waals surface area contributed by atoms with E-state index in [-0.39, 0.29) is 42.8 Å². The van der Waals surface area contributed by atoms with E-state index in [1.165, 1.54) is 4.90 Å². The Bertz CT molecular complexity index is 1600. The van der Waals surface area contributed by atoms with Gasteiger partial charge >= 0.3 is 5.97 Å². The molecule has 0 aliphatic carbocycles. The van der Waals surface area contributed by atoms with Crippen molar-refractivity contribution in [3.05, 3.63) is 85.5 Å². The number of nitrogens with zero attached hydrogens (tertiary/aromatic N) is 3. The van der Waals surface area contributed by atoms with Crippen molar-refractivity contribution in [1.29, 1.82) is 0 Å². The molecule has 3 aliphatic heterocycles. The first-order valence-corrected chi connectivity index (χ1v) is 19.2. The quantitative estimate of drug-likeness (QED) is 0.124. The molecule has 2 N–H and O–H groups in total. The van der Waals surface area contributed by atoms with E-state index in [2.05, 4.69) is 53.2 Å². The number of benzene rings is 2. The fraction of sp³-hybridized carbons (Fsp3) is 0.500. The van der Waals surface area contributed by atoms with Crippen LogP contribution in [0.2, 0.25) is 0 Å². The Balaban J connectivity index is 1.50. The number of halogens is 1. The fourth-order valence-corrected chi connectivity index (χ4v) is 9.04. The zero-order chi connectivity index (χ0) is 37.6. The SMILES string of the molecule is C=CCCC(=O)NC[C@H](OC(=O)[C@@H]1[C@H]2O[C@@]3(CC2Br)[C@H](C(=O)N(CC=C)c2ccc(N(CC)CC)cc2)N([C@@H](CC)CO)C(=O)[C@@H]13)c1ccccc1. The summed E-state index contributed by atoms with van der Waals surface area (Å²) in [5.41, 5.74) is 0.972. The minimum atomic E-state index is -1.36. The highest BCUT2D eigenvalue weighted by atomic mass is 79.9. The Morgan fingerprint density at radius 2 is 1.75 bits per heavy atom. The van der Waals surface area contributed by atoms with Gasteiger partial charge in [-0.15, -0.1) is 13.2 Å². The summed E-state index contributed by atoms with van der Waals surface area (Å²) in [6.45, 7) is 15.1. The third kappa shape index (κ3) is 7.43. The highest BCUT2D eigenvalue weighted by Crippen LogP contribution is 2.61. The minimum absolute atomic E-state index is 0.0324. The number of hydrogen-bond donors (Lipinski definition) is 2. The van der Waals surface area contributed by atoms with E-state index in [1.54, 1.807) is 17.1 Å². The summed E-state index contributed by atoms with van der Waals surface area (Å²) >= 11 is 3.73. The van der Waals surface area contributed by atoms with Crippen molar-refractivity contribution in [2.24, 2.45) is 11.8 Å². The highest BCUT2D eigenvalue weighted by molar-refractivity contribution is 9.09. The molecule has 3 aliphatic rings. The highest BCUT2D eigenvalue weighted by Gasteiger charge is 2.77. The van der Waals surface area contributed by atoms with Gasteiger partial charge in [0.2, 0.25) is 11.8 Å². The zero-order valence-electron chi connectivity index (χ0n) is 30.3. The number of anilines is 2. The Morgan fingerprint density at radius 3 is 2.35 bits per heavy atom. The number of rotatable bonds is 18. The number of hydrogen-bond acceptors (Lipinski definition) is 8. The average molecular weight is 780 g/mol. The lowest BCUT2D eigenvalue weighted by atomic mass is 9.70. The van der Waals surface area contributed by atoms with Gasteiger partial charge in [-0.05, 0) is 62.9 Å². The van der Waals surface area contributed by atoms with E-state index in [9.17, 15) is 24.3 Å². The summed E-state index contributed by atoms with van der Waals surface area (Å²) in [7, 11) is 0. The number of carbonyl (C=O) groups excluding carboxylic acids is 4. The number of ether oxygens (including phenoxy) is 2. The number of amides is 3. The number of allylic oxidation sites excluding steroid dienone is 1. The maximum atomic E-state index is 15.0. The Hall–Kier alpha value is -4.00. The molecule has 280 valence electrons. The largest absolute Gasteiger partial charge is 0.455 e. The monoisotopic (exact) mass is 778 g/mol. The summed E-state index contributed by atoms with van der Waals surface area (Å²) in [5.74, 6) is -3.72. The topological polar surface area (TPSA) is 129 Å². The second kappa shape index (κ2) is 17.2. The van der Waals surface area contributed by atoms with E-state index < -0.39 is 53.6 Å². The zero-order valence-corrected chi connectivity index (χ0v) is 31.9. The molecule has 0 saturated carbocycles. The van der Waals surface area contributed by atoms with Crippen LogP contribution in [0.4, 0.5) is 11.4 Å².